The summed E-state index contributed by atoms with van der Waals surface area (Å²) in [7, 11) is -3.77. The van der Waals surface area contributed by atoms with Gasteiger partial charge in [-0.2, -0.15) is 4.31 Å². The Hall–Kier alpha value is -2.46. The number of aryl methyl sites for hydroxylation is 1. The van der Waals surface area contributed by atoms with Crippen LogP contribution in [-0.2, 0) is 21.2 Å². The molecule has 3 rings (SSSR count). The van der Waals surface area contributed by atoms with Crippen molar-refractivity contribution in [2.45, 2.75) is 18.2 Å². The van der Waals surface area contributed by atoms with E-state index in [1.165, 1.54) is 28.6 Å². The summed E-state index contributed by atoms with van der Waals surface area (Å²) in [5.41, 5.74) is 5.67. The van der Waals surface area contributed by atoms with Crippen LogP contribution >= 0.6 is 11.6 Å². The topological polar surface area (TPSA) is 105 Å². The second-order valence-electron chi connectivity index (χ2n) is 6.61. The number of rotatable bonds is 5. The predicted octanol–water partition coefficient (Wildman–Crippen LogP) is 2.00. The number of ether oxygens (including phenoxy) is 1. The third-order valence-electron chi connectivity index (χ3n) is 4.69. The molecule has 2 aromatic rings. The minimum Gasteiger partial charge on any atom is -0.379 e. The lowest BCUT2D eigenvalue weighted by Gasteiger charge is -2.27. The molecule has 1 aliphatic rings. The number of benzene rings is 2. The normalized spacial score (nSPS) is 14.9. The number of hydrazine groups is 1. The maximum Gasteiger partial charge on any atom is 0.269 e. The van der Waals surface area contributed by atoms with Gasteiger partial charge in [-0.1, -0.05) is 24.6 Å². The first-order chi connectivity index (χ1) is 14.3. The highest BCUT2D eigenvalue weighted by atomic mass is 35.5. The number of amides is 2. The van der Waals surface area contributed by atoms with Gasteiger partial charge in [0.25, 0.3) is 11.8 Å². The molecule has 0 radical (unpaired) electrons. The van der Waals surface area contributed by atoms with E-state index in [0.717, 1.165) is 0 Å². The molecule has 0 saturated carbocycles. The number of sulfonamides is 1. The summed E-state index contributed by atoms with van der Waals surface area (Å²) in [5, 5.41) is 0.487. The molecule has 1 saturated heterocycles. The molecule has 1 heterocycles. The van der Waals surface area contributed by atoms with Crippen LogP contribution in [0.2, 0.25) is 5.02 Å². The third kappa shape index (κ3) is 4.99. The van der Waals surface area contributed by atoms with Gasteiger partial charge in [0.2, 0.25) is 10.0 Å². The number of hydrogen-bond acceptors (Lipinski definition) is 5. The van der Waals surface area contributed by atoms with Crippen molar-refractivity contribution in [1.29, 1.82) is 0 Å². The number of hydrogen-bond donors (Lipinski definition) is 2. The van der Waals surface area contributed by atoms with E-state index in [0.29, 0.717) is 35.8 Å². The molecule has 1 aliphatic heterocycles. The Morgan fingerprint density at radius 1 is 1.00 bits per heavy atom. The number of halogens is 1. The molecule has 30 heavy (non-hydrogen) atoms. The minimum atomic E-state index is -3.77. The van der Waals surface area contributed by atoms with Gasteiger partial charge in [-0.3, -0.25) is 20.4 Å². The zero-order valence-electron chi connectivity index (χ0n) is 16.4. The van der Waals surface area contributed by atoms with E-state index in [4.69, 9.17) is 16.3 Å². The first-order valence-corrected chi connectivity index (χ1v) is 11.2. The molecule has 2 aromatic carbocycles. The van der Waals surface area contributed by atoms with E-state index >= 15 is 0 Å². The Kier molecular flexibility index (Phi) is 7.09. The van der Waals surface area contributed by atoms with Gasteiger partial charge in [0, 0.05) is 29.2 Å². The highest BCUT2D eigenvalue weighted by Gasteiger charge is 2.29. The van der Waals surface area contributed by atoms with Crippen LogP contribution in [0.25, 0.3) is 0 Å². The monoisotopic (exact) mass is 451 g/mol. The fourth-order valence-corrected chi connectivity index (χ4v) is 4.87. The van der Waals surface area contributed by atoms with Crippen LogP contribution in [0.15, 0.2) is 47.4 Å². The minimum absolute atomic E-state index is 0.0866. The fraction of sp³-hybridized carbons (Fsp3) is 0.300. The highest BCUT2D eigenvalue weighted by Crippen LogP contribution is 2.23. The van der Waals surface area contributed by atoms with E-state index in [9.17, 15) is 18.0 Å². The Morgan fingerprint density at radius 3 is 2.17 bits per heavy atom. The lowest BCUT2D eigenvalue weighted by molar-refractivity contribution is 0.0730. The summed E-state index contributed by atoms with van der Waals surface area (Å²) in [6, 6.07) is 10.6. The number of morpholine rings is 1. The van der Waals surface area contributed by atoms with Gasteiger partial charge in [0.05, 0.1) is 18.1 Å². The molecule has 2 N–H and O–H groups in total. The molecule has 0 spiro atoms. The van der Waals surface area contributed by atoms with Crippen molar-refractivity contribution in [2.75, 3.05) is 26.3 Å². The Morgan fingerprint density at radius 2 is 1.57 bits per heavy atom. The van der Waals surface area contributed by atoms with Crippen LogP contribution in [-0.4, -0.2) is 50.8 Å². The number of carbonyl (C=O) groups is 2. The highest BCUT2D eigenvalue weighted by molar-refractivity contribution is 7.89. The number of nitrogens with one attached hydrogen (secondary N) is 2. The second-order valence-corrected chi connectivity index (χ2v) is 8.95. The summed E-state index contributed by atoms with van der Waals surface area (Å²) in [6.07, 6.45) is 0.494. The molecule has 10 heteroatoms. The third-order valence-corrected chi connectivity index (χ3v) is 6.93. The molecule has 0 aliphatic carbocycles. The smallest absolute Gasteiger partial charge is 0.269 e. The van der Waals surface area contributed by atoms with Crippen molar-refractivity contribution in [3.63, 3.8) is 0 Å². The van der Waals surface area contributed by atoms with Crippen molar-refractivity contribution < 1.29 is 22.7 Å². The molecule has 160 valence electrons. The molecule has 0 bridgehead atoms. The Balaban J connectivity index is 1.77. The van der Waals surface area contributed by atoms with Gasteiger partial charge in [0.15, 0.2) is 0 Å². The summed E-state index contributed by atoms with van der Waals surface area (Å²) >= 11 is 5.80. The van der Waals surface area contributed by atoms with Gasteiger partial charge in [-0.15, -0.1) is 0 Å². The standard InChI is InChI=1S/C20H22ClN3O5S/c1-2-14-3-4-16(13-18(14)30(27,28)24-9-11-29-12-10-24)20(26)23-22-19(25)15-5-7-17(21)8-6-15/h3-8,13H,2,9-12H2,1H3,(H,22,25)(H,23,26). The lowest BCUT2D eigenvalue weighted by Crippen LogP contribution is -2.42. The Bertz CT molecular complexity index is 1030. The first kappa shape index (κ1) is 22.2. The molecule has 2 amide bonds. The van der Waals surface area contributed by atoms with Crippen LogP contribution in [0.5, 0.6) is 0 Å². The van der Waals surface area contributed by atoms with Gasteiger partial charge in [-0.25, -0.2) is 8.42 Å². The van der Waals surface area contributed by atoms with E-state index in [-0.39, 0.29) is 23.5 Å². The summed E-state index contributed by atoms with van der Waals surface area (Å²) in [5.74, 6) is -1.15. The maximum atomic E-state index is 13.1. The van der Waals surface area contributed by atoms with Gasteiger partial charge < -0.3 is 4.74 Å². The summed E-state index contributed by atoms with van der Waals surface area (Å²) < 4.78 is 32.7. The molecule has 0 aromatic heterocycles. The van der Waals surface area contributed by atoms with Crippen LogP contribution in [0.1, 0.15) is 33.2 Å². The van der Waals surface area contributed by atoms with Gasteiger partial charge in [-0.05, 0) is 48.4 Å². The Labute approximate surface area is 180 Å². The first-order valence-electron chi connectivity index (χ1n) is 9.40. The maximum absolute atomic E-state index is 13.1. The quantitative estimate of drug-likeness (QED) is 0.676. The van der Waals surface area contributed by atoms with Crippen LogP contribution in [0.3, 0.4) is 0 Å². The van der Waals surface area contributed by atoms with Crippen molar-refractivity contribution in [1.82, 2.24) is 15.2 Å². The summed E-state index contributed by atoms with van der Waals surface area (Å²) in [4.78, 5) is 24.7. The molecule has 0 unspecified atom stereocenters. The largest absolute Gasteiger partial charge is 0.379 e. The van der Waals surface area contributed by atoms with Crippen molar-refractivity contribution in [3.8, 4) is 0 Å². The van der Waals surface area contributed by atoms with Crippen LogP contribution < -0.4 is 10.9 Å². The molecule has 1 fully saturated rings. The van der Waals surface area contributed by atoms with Gasteiger partial charge in [0.1, 0.15) is 0 Å². The molecular weight excluding hydrogens is 430 g/mol. The fourth-order valence-electron chi connectivity index (χ4n) is 3.01. The van der Waals surface area contributed by atoms with E-state index < -0.39 is 21.8 Å². The number of carbonyl (C=O) groups excluding carboxylic acids is 2. The van der Waals surface area contributed by atoms with Crippen molar-refractivity contribution in [3.05, 3.63) is 64.2 Å². The zero-order chi connectivity index (χ0) is 21.7. The molecular formula is C20H22ClN3O5S. The molecule has 0 atom stereocenters. The number of nitrogens with zero attached hydrogens (tertiary/aromatic N) is 1. The van der Waals surface area contributed by atoms with Gasteiger partial charge >= 0.3 is 0 Å². The van der Waals surface area contributed by atoms with Crippen molar-refractivity contribution in [2.24, 2.45) is 0 Å². The SMILES string of the molecule is CCc1ccc(C(=O)NNC(=O)c2ccc(Cl)cc2)cc1S(=O)(=O)N1CCOCC1. The van der Waals surface area contributed by atoms with E-state index in [2.05, 4.69) is 10.9 Å². The van der Waals surface area contributed by atoms with Crippen LogP contribution in [0, 0.1) is 0 Å². The van der Waals surface area contributed by atoms with E-state index in [1.54, 1.807) is 18.2 Å². The van der Waals surface area contributed by atoms with E-state index in [1.807, 2.05) is 6.92 Å². The summed E-state index contributed by atoms with van der Waals surface area (Å²) in [6.45, 7) is 3.03. The molecule has 8 nitrogen and oxygen atoms in total. The average Bonchev–Trinajstić information content (AvgIpc) is 2.77. The second kappa shape index (κ2) is 9.57. The van der Waals surface area contributed by atoms with Crippen molar-refractivity contribution >= 4 is 33.4 Å². The van der Waals surface area contributed by atoms with Crippen LogP contribution in [0.4, 0.5) is 0 Å². The predicted molar refractivity (Wildman–Crippen MR) is 112 cm³/mol. The zero-order valence-corrected chi connectivity index (χ0v) is 17.9. The average molecular weight is 452 g/mol. The lowest BCUT2D eigenvalue weighted by atomic mass is 10.1.